The molecule has 1 atom stereocenters. The monoisotopic (exact) mass is 268 g/mol. The van der Waals surface area contributed by atoms with Gasteiger partial charge in [-0.1, -0.05) is 0 Å². The fourth-order valence-corrected chi connectivity index (χ4v) is 1.92. The van der Waals surface area contributed by atoms with E-state index in [0.29, 0.717) is 25.4 Å². The summed E-state index contributed by atoms with van der Waals surface area (Å²) in [6.07, 6.45) is -0.684. The van der Waals surface area contributed by atoms with E-state index in [2.05, 4.69) is 5.32 Å². The van der Waals surface area contributed by atoms with Crippen molar-refractivity contribution in [2.45, 2.75) is 6.10 Å². The van der Waals surface area contributed by atoms with E-state index in [1.807, 2.05) is 4.90 Å². The fourth-order valence-electron chi connectivity index (χ4n) is 1.92. The lowest BCUT2D eigenvalue weighted by Crippen LogP contribution is -2.50. The Hall–Kier alpha value is -1.66. The van der Waals surface area contributed by atoms with E-state index in [4.69, 9.17) is 4.74 Å². The first-order chi connectivity index (χ1) is 9.13. The quantitative estimate of drug-likeness (QED) is 0.789. The zero-order chi connectivity index (χ0) is 13.7. The Morgan fingerprint density at radius 3 is 2.84 bits per heavy atom. The number of ether oxygens (including phenoxy) is 1. The van der Waals surface area contributed by atoms with Gasteiger partial charge in [-0.05, 0) is 24.3 Å². The van der Waals surface area contributed by atoms with Crippen LogP contribution in [0.3, 0.4) is 0 Å². The van der Waals surface area contributed by atoms with Crippen molar-refractivity contribution in [3.05, 3.63) is 30.1 Å². The van der Waals surface area contributed by atoms with E-state index in [0.717, 1.165) is 6.54 Å². The first kappa shape index (κ1) is 13.8. The van der Waals surface area contributed by atoms with Crippen LogP contribution in [0.1, 0.15) is 0 Å². The Morgan fingerprint density at radius 2 is 2.16 bits per heavy atom. The Bertz CT molecular complexity index is 424. The molecule has 104 valence electrons. The summed E-state index contributed by atoms with van der Waals surface area (Å²) in [5.74, 6) is 0.155. The highest BCUT2D eigenvalue weighted by atomic mass is 19.1. The number of carbonyl (C=O) groups is 1. The number of rotatable bonds is 5. The summed E-state index contributed by atoms with van der Waals surface area (Å²) in [5.41, 5.74) is 0. The van der Waals surface area contributed by atoms with Gasteiger partial charge in [-0.2, -0.15) is 0 Å². The second-order valence-corrected chi connectivity index (χ2v) is 4.50. The van der Waals surface area contributed by atoms with Gasteiger partial charge in [-0.15, -0.1) is 0 Å². The number of aliphatic hydroxyl groups excluding tert-OH is 1. The van der Waals surface area contributed by atoms with Gasteiger partial charge in [0.05, 0.1) is 6.54 Å². The number of piperazine rings is 1. The number of aliphatic hydroxyl groups is 1. The zero-order valence-electron chi connectivity index (χ0n) is 10.5. The van der Waals surface area contributed by atoms with Crippen LogP contribution in [-0.2, 0) is 4.79 Å². The maximum Gasteiger partial charge on any atom is 0.234 e. The summed E-state index contributed by atoms with van der Waals surface area (Å²) in [5, 5.41) is 12.6. The van der Waals surface area contributed by atoms with Gasteiger partial charge in [0.2, 0.25) is 5.91 Å². The maximum atomic E-state index is 12.7. The molecule has 1 fully saturated rings. The lowest BCUT2D eigenvalue weighted by atomic mass is 10.3. The molecule has 1 heterocycles. The van der Waals surface area contributed by atoms with Crippen LogP contribution < -0.4 is 10.1 Å². The van der Waals surface area contributed by atoms with Crippen LogP contribution in [0.25, 0.3) is 0 Å². The number of hydrogen-bond acceptors (Lipinski definition) is 4. The average Bonchev–Trinajstić information content (AvgIpc) is 2.38. The maximum absolute atomic E-state index is 12.7. The molecule has 0 spiro atoms. The predicted octanol–water partition coefficient (Wildman–Crippen LogP) is -0.00280. The number of hydrogen-bond donors (Lipinski definition) is 2. The van der Waals surface area contributed by atoms with Crippen molar-refractivity contribution in [2.24, 2.45) is 0 Å². The Kier molecular flexibility index (Phi) is 4.70. The Labute approximate surface area is 111 Å². The van der Waals surface area contributed by atoms with Gasteiger partial charge in [0.1, 0.15) is 24.3 Å². The molecule has 1 aliphatic heterocycles. The number of benzene rings is 1. The van der Waals surface area contributed by atoms with Crippen LogP contribution in [0.5, 0.6) is 5.75 Å². The highest BCUT2D eigenvalue weighted by Gasteiger charge is 2.19. The molecule has 0 saturated carbocycles. The standard InChI is InChI=1S/C13H17FN2O3/c14-10-1-3-12(4-2-10)19-9-11(17)7-16-6-5-15-13(18)8-16/h1-4,11,17H,5-9H2,(H,15,18)/t11-/m0/s1. The third-order valence-corrected chi connectivity index (χ3v) is 2.84. The Morgan fingerprint density at radius 1 is 1.42 bits per heavy atom. The minimum absolute atomic E-state index is 0.0297. The summed E-state index contributed by atoms with van der Waals surface area (Å²) in [4.78, 5) is 13.0. The van der Waals surface area contributed by atoms with Crippen molar-refractivity contribution in [3.63, 3.8) is 0 Å². The molecular formula is C13H17FN2O3. The summed E-state index contributed by atoms with van der Waals surface area (Å²) >= 11 is 0. The normalized spacial score (nSPS) is 17.9. The van der Waals surface area contributed by atoms with Crippen molar-refractivity contribution in [1.82, 2.24) is 10.2 Å². The molecule has 5 nitrogen and oxygen atoms in total. The third kappa shape index (κ3) is 4.50. The fraction of sp³-hybridized carbons (Fsp3) is 0.462. The van der Waals surface area contributed by atoms with E-state index in [-0.39, 0.29) is 18.3 Å². The van der Waals surface area contributed by atoms with Crippen molar-refractivity contribution >= 4 is 5.91 Å². The van der Waals surface area contributed by atoms with E-state index in [1.165, 1.54) is 24.3 Å². The lowest BCUT2D eigenvalue weighted by Gasteiger charge is -2.28. The molecule has 2 N–H and O–H groups in total. The summed E-state index contributed by atoms with van der Waals surface area (Å²) in [7, 11) is 0. The van der Waals surface area contributed by atoms with Gasteiger partial charge in [0, 0.05) is 19.6 Å². The molecule has 1 saturated heterocycles. The van der Waals surface area contributed by atoms with Crippen LogP contribution in [0.15, 0.2) is 24.3 Å². The van der Waals surface area contributed by atoms with E-state index >= 15 is 0 Å². The number of halogens is 1. The number of amides is 1. The molecule has 1 aliphatic rings. The molecule has 0 bridgehead atoms. The van der Waals surface area contributed by atoms with Gasteiger partial charge in [0.15, 0.2) is 0 Å². The lowest BCUT2D eigenvalue weighted by molar-refractivity contribution is -0.124. The molecule has 1 aromatic carbocycles. The largest absolute Gasteiger partial charge is 0.491 e. The second kappa shape index (κ2) is 6.49. The summed E-state index contributed by atoms with van der Waals surface area (Å²) in [6.45, 7) is 2.12. The average molecular weight is 268 g/mol. The molecule has 0 radical (unpaired) electrons. The molecule has 6 heteroatoms. The van der Waals surface area contributed by atoms with Gasteiger partial charge >= 0.3 is 0 Å². The molecule has 1 amide bonds. The number of nitrogens with zero attached hydrogens (tertiary/aromatic N) is 1. The van der Waals surface area contributed by atoms with E-state index in [1.54, 1.807) is 0 Å². The summed E-state index contributed by atoms with van der Waals surface area (Å²) in [6, 6.07) is 5.63. The van der Waals surface area contributed by atoms with Crippen LogP contribution in [-0.4, -0.2) is 54.8 Å². The van der Waals surface area contributed by atoms with Gasteiger partial charge in [0.25, 0.3) is 0 Å². The van der Waals surface area contributed by atoms with Crippen LogP contribution >= 0.6 is 0 Å². The Balaban J connectivity index is 1.73. The van der Waals surface area contributed by atoms with Crippen LogP contribution in [0.4, 0.5) is 4.39 Å². The number of nitrogens with one attached hydrogen (secondary N) is 1. The highest BCUT2D eigenvalue weighted by Crippen LogP contribution is 2.11. The van der Waals surface area contributed by atoms with Gasteiger partial charge < -0.3 is 15.2 Å². The predicted molar refractivity (Wildman–Crippen MR) is 67.4 cm³/mol. The molecule has 0 aliphatic carbocycles. The summed E-state index contributed by atoms with van der Waals surface area (Å²) < 4.78 is 18.0. The molecule has 1 aromatic rings. The first-order valence-electron chi connectivity index (χ1n) is 6.19. The zero-order valence-corrected chi connectivity index (χ0v) is 10.5. The third-order valence-electron chi connectivity index (χ3n) is 2.84. The topological polar surface area (TPSA) is 61.8 Å². The molecule has 0 unspecified atom stereocenters. The first-order valence-corrected chi connectivity index (χ1v) is 6.19. The minimum Gasteiger partial charge on any atom is -0.491 e. The number of carbonyl (C=O) groups excluding carboxylic acids is 1. The van der Waals surface area contributed by atoms with Crippen molar-refractivity contribution < 1.29 is 19.0 Å². The van der Waals surface area contributed by atoms with Gasteiger partial charge in [-0.25, -0.2) is 4.39 Å². The molecule has 2 rings (SSSR count). The van der Waals surface area contributed by atoms with E-state index < -0.39 is 6.10 Å². The smallest absolute Gasteiger partial charge is 0.234 e. The molecular weight excluding hydrogens is 251 g/mol. The van der Waals surface area contributed by atoms with Gasteiger partial charge in [-0.3, -0.25) is 9.69 Å². The number of β-amino-alcohol motifs (C(OH)–C–C–N with tert-alkyl or cyclic N) is 1. The van der Waals surface area contributed by atoms with Crippen molar-refractivity contribution in [2.75, 3.05) is 32.8 Å². The molecule has 19 heavy (non-hydrogen) atoms. The minimum atomic E-state index is -0.684. The molecule has 0 aromatic heterocycles. The second-order valence-electron chi connectivity index (χ2n) is 4.50. The van der Waals surface area contributed by atoms with Crippen molar-refractivity contribution in [3.8, 4) is 5.75 Å². The van der Waals surface area contributed by atoms with Crippen LogP contribution in [0.2, 0.25) is 0 Å². The van der Waals surface area contributed by atoms with Crippen LogP contribution in [0, 0.1) is 5.82 Å². The SMILES string of the molecule is O=C1CN(C[C@H](O)COc2ccc(F)cc2)CCN1. The highest BCUT2D eigenvalue weighted by molar-refractivity contribution is 5.78. The van der Waals surface area contributed by atoms with Crippen molar-refractivity contribution in [1.29, 1.82) is 0 Å². The van der Waals surface area contributed by atoms with E-state index in [9.17, 15) is 14.3 Å².